The number of allylic oxidation sites excluding steroid dienone is 1. The van der Waals surface area contributed by atoms with Gasteiger partial charge in [0, 0.05) is 5.41 Å². The number of aliphatic hydroxyl groups excluding tert-OH is 1. The van der Waals surface area contributed by atoms with Gasteiger partial charge in [-0.3, -0.25) is 4.79 Å². The summed E-state index contributed by atoms with van der Waals surface area (Å²) in [7, 11) is 0. The lowest BCUT2D eigenvalue weighted by molar-refractivity contribution is -0.154. The maximum Gasteiger partial charge on any atom is 0.310 e. The van der Waals surface area contributed by atoms with Gasteiger partial charge in [-0.1, -0.05) is 39.3 Å². The van der Waals surface area contributed by atoms with Crippen LogP contribution in [0.5, 0.6) is 0 Å². The molecule has 1 aliphatic heterocycles. The van der Waals surface area contributed by atoms with Gasteiger partial charge in [-0.15, -0.1) is 0 Å². The van der Waals surface area contributed by atoms with Crippen LogP contribution in [0.15, 0.2) is 11.6 Å². The molecule has 3 aliphatic rings. The molecule has 0 unspecified atom stereocenters. The molecular formula is C17H26O3. The SMILES string of the molecule is C[C@@H]1C(=O)O[C@]2(C)C[C@@]3(C)C[C@@H](O)C[C@H](C)C3=C[C@]12C. The van der Waals surface area contributed by atoms with Crippen molar-refractivity contribution in [1.82, 2.24) is 0 Å². The van der Waals surface area contributed by atoms with E-state index in [-0.39, 0.29) is 28.8 Å². The molecule has 1 heterocycles. The molecule has 3 nitrogen and oxygen atoms in total. The summed E-state index contributed by atoms with van der Waals surface area (Å²) in [5.41, 5.74) is 0.705. The van der Waals surface area contributed by atoms with Gasteiger partial charge in [-0.05, 0) is 37.5 Å². The summed E-state index contributed by atoms with van der Waals surface area (Å²) in [6.45, 7) is 10.6. The van der Waals surface area contributed by atoms with Gasteiger partial charge in [0.25, 0.3) is 0 Å². The molecule has 0 amide bonds. The standard InChI is InChI=1S/C17H26O3/c1-10-6-12(18)7-15(3)9-17(5)16(4,8-13(10)15)11(2)14(19)20-17/h8,10-12,18H,6-7,9H2,1-5H3/t10-,11+,12-,15+,16+,17+/m0/s1. The Hall–Kier alpha value is -0.830. The molecule has 0 aromatic rings. The topological polar surface area (TPSA) is 46.5 Å². The number of ether oxygens (including phenoxy) is 1. The van der Waals surface area contributed by atoms with E-state index < -0.39 is 5.60 Å². The summed E-state index contributed by atoms with van der Waals surface area (Å²) in [4.78, 5) is 12.1. The average molecular weight is 278 g/mol. The molecule has 2 aliphatic carbocycles. The molecular weight excluding hydrogens is 252 g/mol. The van der Waals surface area contributed by atoms with Crippen molar-refractivity contribution in [2.24, 2.45) is 22.7 Å². The van der Waals surface area contributed by atoms with Crippen molar-refractivity contribution in [1.29, 1.82) is 0 Å². The highest BCUT2D eigenvalue weighted by molar-refractivity contribution is 5.77. The smallest absolute Gasteiger partial charge is 0.310 e. The molecule has 0 aromatic heterocycles. The molecule has 112 valence electrons. The zero-order valence-corrected chi connectivity index (χ0v) is 13.2. The van der Waals surface area contributed by atoms with E-state index in [1.165, 1.54) is 5.57 Å². The summed E-state index contributed by atoms with van der Waals surface area (Å²) in [5.74, 6) is 0.207. The first-order valence-electron chi connectivity index (χ1n) is 7.75. The van der Waals surface area contributed by atoms with E-state index in [4.69, 9.17) is 4.74 Å². The lowest BCUT2D eigenvalue weighted by Crippen LogP contribution is -2.52. The Bertz CT molecular complexity index is 496. The first-order valence-corrected chi connectivity index (χ1v) is 7.75. The summed E-state index contributed by atoms with van der Waals surface area (Å²) in [6.07, 6.45) is 4.51. The van der Waals surface area contributed by atoms with E-state index in [1.807, 2.05) is 6.92 Å². The van der Waals surface area contributed by atoms with E-state index in [0.29, 0.717) is 5.92 Å². The Labute approximate surface area is 121 Å². The maximum atomic E-state index is 12.1. The van der Waals surface area contributed by atoms with Crippen molar-refractivity contribution in [2.75, 3.05) is 0 Å². The largest absolute Gasteiger partial charge is 0.458 e. The quantitative estimate of drug-likeness (QED) is 0.547. The molecule has 0 bridgehead atoms. The van der Waals surface area contributed by atoms with Crippen LogP contribution in [0.4, 0.5) is 0 Å². The van der Waals surface area contributed by atoms with E-state index in [0.717, 1.165) is 19.3 Å². The number of carbonyl (C=O) groups excluding carboxylic acids is 1. The average Bonchev–Trinajstić information content (AvgIpc) is 2.45. The van der Waals surface area contributed by atoms with Crippen LogP contribution in [0.2, 0.25) is 0 Å². The third-order valence-electron chi connectivity index (χ3n) is 6.44. The highest BCUT2D eigenvalue weighted by Crippen LogP contribution is 2.62. The predicted octanol–water partition coefficient (Wildman–Crippen LogP) is 3.07. The fourth-order valence-corrected chi connectivity index (χ4v) is 5.04. The molecule has 0 spiro atoms. The second kappa shape index (κ2) is 3.88. The molecule has 3 heteroatoms. The Kier molecular flexibility index (Phi) is 2.74. The number of hydrogen-bond acceptors (Lipinski definition) is 3. The van der Waals surface area contributed by atoms with Gasteiger partial charge in [-0.2, -0.15) is 0 Å². The van der Waals surface area contributed by atoms with E-state index in [1.54, 1.807) is 0 Å². The van der Waals surface area contributed by atoms with Gasteiger partial charge in [0.2, 0.25) is 0 Å². The normalized spacial score (nSPS) is 54.8. The molecule has 3 rings (SSSR count). The second-order valence-corrected chi connectivity index (χ2v) is 7.99. The minimum absolute atomic E-state index is 0.0459. The monoisotopic (exact) mass is 278 g/mol. The maximum absolute atomic E-state index is 12.1. The van der Waals surface area contributed by atoms with Gasteiger partial charge in [0.15, 0.2) is 0 Å². The van der Waals surface area contributed by atoms with Crippen molar-refractivity contribution in [3.05, 3.63) is 11.6 Å². The minimum atomic E-state index is -0.446. The van der Waals surface area contributed by atoms with Crippen LogP contribution in [-0.4, -0.2) is 22.8 Å². The van der Waals surface area contributed by atoms with Crippen molar-refractivity contribution < 1.29 is 14.6 Å². The first kappa shape index (κ1) is 14.1. The van der Waals surface area contributed by atoms with Crippen LogP contribution >= 0.6 is 0 Å². The summed E-state index contributed by atoms with van der Waals surface area (Å²) in [5, 5.41) is 10.1. The fraction of sp³-hybridized carbons (Fsp3) is 0.824. The Morgan fingerprint density at radius 3 is 2.60 bits per heavy atom. The molecule has 0 aromatic carbocycles. The Morgan fingerprint density at radius 2 is 1.95 bits per heavy atom. The van der Waals surface area contributed by atoms with Crippen LogP contribution in [0.25, 0.3) is 0 Å². The van der Waals surface area contributed by atoms with Crippen molar-refractivity contribution >= 4 is 5.97 Å². The van der Waals surface area contributed by atoms with E-state index in [9.17, 15) is 9.90 Å². The predicted molar refractivity (Wildman–Crippen MR) is 77.0 cm³/mol. The van der Waals surface area contributed by atoms with Crippen LogP contribution < -0.4 is 0 Å². The Morgan fingerprint density at radius 1 is 1.30 bits per heavy atom. The molecule has 1 N–H and O–H groups in total. The van der Waals surface area contributed by atoms with Crippen molar-refractivity contribution in [3.8, 4) is 0 Å². The molecule has 6 atom stereocenters. The summed E-state index contributed by atoms with van der Waals surface area (Å²) in [6, 6.07) is 0. The first-order chi connectivity index (χ1) is 9.11. The third-order valence-corrected chi connectivity index (χ3v) is 6.44. The highest BCUT2D eigenvalue weighted by Gasteiger charge is 2.64. The number of carbonyl (C=O) groups is 1. The van der Waals surface area contributed by atoms with Crippen LogP contribution in [-0.2, 0) is 9.53 Å². The van der Waals surface area contributed by atoms with Gasteiger partial charge < -0.3 is 9.84 Å². The number of aliphatic hydroxyl groups is 1. The molecule has 1 saturated carbocycles. The van der Waals surface area contributed by atoms with E-state index in [2.05, 4.69) is 33.8 Å². The second-order valence-electron chi connectivity index (χ2n) is 7.99. The minimum Gasteiger partial charge on any atom is -0.458 e. The number of fused-ring (bicyclic) bond motifs is 2. The van der Waals surface area contributed by atoms with Gasteiger partial charge in [0.05, 0.1) is 12.0 Å². The van der Waals surface area contributed by atoms with Crippen LogP contribution in [0, 0.1) is 22.7 Å². The van der Waals surface area contributed by atoms with Crippen LogP contribution in [0.3, 0.4) is 0 Å². The number of hydrogen-bond donors (Lipinski definition) is 1. The number of esters is 1. The zero-order valence-electron chi connectivity index (χ0n) is 13.2. The number of rotatable bonds is 0. The third kappa shape index (κ3) is 1.59. The van der Waals surface area contributed by atoms with Crippen LogP contribution in [0.1, 0.15) is 53.9 Å². The molecule has 20 heavy (non-hydrogen) atoms. The lowest BCUT2D eigenvalue weighted by atomic mass is 9.51. The zero-order chi connectivity index (χ0) is 14.9. The van der Waals surface area contributed by atoms with Crippen molar-refractivity contribution in [3.63, 3.8) is 0 Å². The molecule has 2 fully saturated rings. The van der Waals surface area contributed by atoms with Gasteiger partial charge in [0.1, 0.15) is 5.60 Å². The Balaban J connectivity index is 2.13. The molecule has 0 radical (unpaired) electrons. The lowest BCUT2D eigenvalue weighted by Gasteiger charge is -2.54. The molecule has 1 saturated heterocycles. The van der Waals surface area contributed by atoms with Gasteiger partial charge in [-0.25, -0.2) is 0 Å². The highest BCUT2D eigenvalue weighted by atomic mass is 16.6. The van der Waals surface area contributed by atoms with Crippen molar-refractivity contribution in [2.45, 2.75) is 65.6 Å². The van der Waals surface area contributed by atoms with Gasteiger partial charge >= 0.3 is 5.97 Å². The van der Waals surface area contributed by atoms with E-state index >= 15 is 0 Å². The fourth-order valence-electron chi connectivity index (χ4n) is 5.04. The summed E-state index contributed by atoms with van der Waals surface area (Å²) >= 11 is 0. The summed E-state index contributed by atoms with van der Waals surface area (Å²) < 4.78 is 5.79.